The molecule has 0 aliphatic heterocycles. The molecule has 2 rings (SSSR count). The van der Waals surface area contributed by atoms with Gasteiger partial charge < -0.3 is 10.2 Å². The van der Waals surface area contributed by atoms with Crippen molar-refractivity contribution in [1.82, 2.24) is 0 Å². The van der Waals surface area contributed by atoms with Crippen LogP contribution in [-0.2, 0) is 11.2 Å². The lowest BCUT2D eigenvalue weighted by atomic mass is 10.1. The predicted octanol–water partition coefficient (Wildman–Crippen LogP) is 2.51. The van der Waals surface area contributed by atoms with E-state index in [2.05, 4.69) is 4.99 Å². The van der Waals surface area contributed by atoms with Crippen LogP contribution in [0.2, 0.25) is 0 Å². The fourth-order valence-corrected chi connectivity index (χ4v) is 1.77. The molecule has 0 radical (unpaired) electrons. The van der Waals surface area contributed by atoms with E-state index in [9.17, 15) is 15.0 Å². The highest BCUT2D eigenvalue weighted by atomic mass is 16.4. The van der Waals surface area contributed by atoms with Gasteiger partial charge in [0.1, 0.15) is 5.75 Å². The number of rotatable bonds is 5. The first kappa shape index (κ1) is 13.8. The van der Waals surface area contributed by atoms with E-state index in [-0.39, 0.29) is 5.75 Å². The van der Waals surface area contributed by atoms with Crippen LogP contribution in [0.4, 0.5) is 0 Å². The number of nitrogens with zero attached hydrogens (tertiary/aromatic N) is 1. The van der Waals surface area contributed by atoms with E-state index in [1.807, 2.05) is 30.3 Å². The number of phenolic OH excluding ortho intramolecular Hbond substituents is 1. The topological polar surface area (TPSA) is 69.9 Å². The van der Waals surface area contributed by atoms with Crippen molar-refractivity contribution in [1.29, 1.82) is 0 Å². The maximum atomic E-state index is 11.2. The minimum Gasteiger partial charge on any atom is -0.508 e. The van der Waals surface area contributed by atoms with Crippen LogP contribution in [0.25, 0.3) is 0 Å². The molecule has 0 aliphatic rings. The molecule has 0 saturated carbocycles. The van der Waals surface area contributed by atoms with Gasteiger partial charge in [0.05, 0.1) is 0 Å². The Morgan fingerprint density at radius 3 is 2.35 bits per heavy atom. The highest BCUT2D eigenvalue weighted by Crippen LogP contribution is 2.12. The summed E-state index contributed by atoms with van der Waals surface area (Å²) in [5.74, 6) is -0.807. The minimum absolute atomic E-state index is 0.161. The molecule has 0 aliphatic carbocycles. The Balaban J connectivity index is 2.10. The lowest BCUT2D eigenvalue weighted by Gasteiger charge is -2.07. The molecule has 0 spiro atoms. The van der Waals surface area contributed by atoms with Crippen molar-refractivity contribution in [2.24, 2.45) is 4.99 Å². The van der Waals surface area contributed by atoms with Crippen molar-refractivity contribution in [3.63, 3.8) is 0 Å². The number of carbonyl (C=O) groups is 1. The van der Waals surface area contributed by atoms with Gasteiger partial charge in [0, 0.05) is 12.6 Å². The van der Waals surface area contributed by atoms with Crippen molar-refractivity contribution in [2.75, 3.05) is 0 Å². The first-order chi connectivity index (χ1) is 9.65. The molecule has 102 valence electrons. The van der Waals surface area contributed by atoms with Gasteiger partial charge in [0.15, 0.2) is 6.04 Å². The number of hydrogen-bond acceptors (Lipinski definition) is 3. The molecule has 0 saturated heterocycles. The van der Waals surface area contributed by atoms with Gasteiger partial charge in [0.25, 0.3) is 0 Å². The van der Waals surface area contributed by atoms with Gasteiger partial charge in [-0.1, -0.05) is 42.5 Å². The largest absolute Gasteiger partial charge is 0.508 e. The number of phenols is 1. The van der Waals surface area contributed by atoms with Crippen LogP contribution in [0, 0.1) is 0 Å². The van der Waals surface area contributed by atoms with Crippen molar-refractivity contribution in [3.05, 3.63) is 65.7 Å². The van der Waals surface area contributed by atoms with E-state index < -0.39 is 12.0 Å². The normalized spacial score (nSPS) is 12.4. The van der Waals surface area contributed by atoms with Crippen LogP contribution in [0.15, 0.2) is 59.6 Å². The minimum atomic E-state index is -0.967. The second-order valence-electron chi connectivity index (χ2n) is 4.41. The number of carboxylic acids is 1. The van der Waals surface area contributed by atoms with Crippen molar-refractivity contribution >= 4 is 12.2 Å². The quantitative estimate of drug-likeness (QED) is 0.819. The van der Waals surface area contributed by atoms with Crippen molar-refractivity contribution < 1.29 is 15.0 Å². The summed E-state index contributed by atoms with van der Waals surface area (Å²) in [5, 5.41) is 18.4. The number of benzene rings is 2. The van der Waals surface area contributed by atoms with Gasteiger partial charge >= 0.3 is 5.97 Å². The second kappa shape index (κ2) is 6.52. The Hall–Kier alpha value is -2.62. The van der Waals surface area contributed by atoms with Gasteiger partial charge in [-0.25, -0.2) is 4.79 Å². The smallest absolute Gasteiger partial charge is 0.328 e. The van der Waals surface area contributed by atoms with Crippen molar-refractivity contribution in [3.8, 4) is 5.75 Å². The summed E-state index contributed by atoms with van der Waals surface area (Å²) in [6.07, 6.45) is 1.86. The SMILES string of the molecule is O=C(O)[C@H](Cc1ccc(O)cc1)/N=C/c1ccccc1. The zero-order chi connectivity index (χ0) is 14.4. The molecule has 0 heterocycles. The van der Waals surface area contributed by atoms with E-state index in [4.69, 9.17) is 0 Å². The third-order valence-corrected chi connectivity index (χ3v) is 2.85. The lowest BCUT2D eigenvalue weighted by molar-refractivity contribution is -0.138. The summed E-state index contributed by atoms with van der Waals surface area (Å²) in [5.41, 5.74) is 1.69. The zero-order valence-electron chi connectivity index (χ0n) is 10.8. The van der Waals surface area contributed by atoms with Crippen LogP contribution >= 0.6 is 0 Å². The fourth-order valence-electron chi connectivity index (χ4n) is 1.77. The summed E-state index contributed by atoms with van der Waals surface area (Å²) in [4.78, 5) is 15.4. The maximum Gasteiger partial charge on any atom is 0.328 e. The molecule has 4 heteroatoms. The van der Waals surface area contributed by atoms with Gasteiger partial charge in [0.2, 0.25) is 0 Å². The highest BCUT2D eigenvalue weighted by Gasteiger charge is 2.15. The van der Waals surface area contributed by atoms with Crippen LogP contribution in [0.5, 0.6) is 5.75 Å². The van der Waals surface area contributed by atoms with E-state index >= 15 is 0 Å². The Morgan fingerprint density at radius 2 is 1.75 bits per heavy atom. The van der Waals surface area contributed by atoms with Gasteiger partial charge in [-0.2, -0.15) is 0 Å². The second-order valence-corrected chi connectivity index (χ2v) is 4.41. The number of hydrogen-bond donors (Lipinski definition) is 2. The number of aliphatic imine (C=N–C) groups is 1. The molecule has 1 atom stereocenters. The predicted molar refractivity (Wildman–Crippen MR) is 77.3 cm³/mol. The Morgan fingerprint density at radius 1 is 1.10 bits per heavy atom. The van der Waals surface area contributed by atoms with Crippen molar-refractivity contribution in [2.45, 2.75) is 12.5 Å². The molecule has 0 fully saturated rings. The van der Waals surface area contributed by atoms with Gasteiger partial charge in [-0.3, -0.25) is 4.99 Å². The summed E-state index contributed by atoms with van der Waals surface area (Å²) in [7, 11) is 0. The zero-order valence-corrected chi connectivity index (χ0v) is 10.8. The molecular formula is C16H15NO3. The lowest BCUT2D eigenvalue weighted by Crippen LogP contribution is -2.20. The van der Waals surface area contributed by atoms with Gasteiger partial charge in [-0.15, -0.1) is 0 Å². The molecule has 4 nitrogen and oxygen atoms in total. The summed E-state index contributed by atoms with van der Waals surface area (Å²) in [6.45, 7) is 0. The Bertz CT molecular complexity index is 591. The van der Waals surface area contributed by atoms with Crippen LogP contribution < -0.4 is 0 Å². The maximum absolute atomic E-state index is 11.2. The van der Waals surface area contributed by atoms with E-state index in [1.165, 1.54) is 12.1 Å². The molecule has 2 aromatic rings. The molecule has 0 unspecified atom stereocenters. The van der Waals surface area contributed by atoms with E-state index in [0.717, 1.165) is 11.1 Å². The number of aliphatic carboxylic acids is 1. The molecule has 0 amide bonds. The van der Waals surface area contributed by atoms with Gasteiger partial charge in [-0.05, 0) is 23.3 Å². The van der Waals surface area contributed by atoms with Crippen LogP contribution in [-0.4, -0.2) is 28.4 Å². The van der Waals surface area contributed by atoms with Crippen LogP contribution in [0.3, 0.4) is 0 Å². The first-order valence-corrected chi connectivity index (χ1v) is 6.24. The molecule has 2 aromatic carbocycles. The monoisotopic (exact) mass is 269 g/mol. The summed E-state index contributed by atoms with van der Waals surface area (Å²) < 4.78 is 0. The summed E-state index contributed by atoms with van der Waals surface area (Å²) in [6, 6.07) is 15.0. The fraction of sp³-hybridized carbons (Fsp3) is 0.125. The average Bonchev–Trinajstić information content (AvgIpc) is 2.46. The molecule has 20 heavy (non-hydrogen) atoms. The summed E-state index contributed by atoms with van der Waals surface area (Å²) >= 11 is 0. The number of carboxylic acid groups (broad SMARTS) is 1. The molecule has 0 bridgehead atoms. The average molecular weight is 269 g/mol. The number of aromatic hydroxyl groups is 1. The molecule has 0 aromatic heterocycles. The standard InChI is InChI=1S/C16H15NO3/c18-14-8-6-12(7-9-14)10-15(16(19)20)17-11-13-4-2-1-3-5-13/h1-9,11,15,18H,10H2,(H,19,20)/b17-11+/t15-/m0/s1. The first-order valence-electron chi connectivity index (χ1n) is 6.24. The van der Waals surface area contributed by atoms with Crippen LogP contribution in [0.1, 0.15) is 11.1 Å². The highest BCUT2D eigenvalue weighted by molar-refractivity contribution is 5.83. The third kappa shape index (κ3) is 3.95. The Kier molecular flexibility index (Phi) is 4.50. The molecular weight excluding hydrogens is 254 g/mol. The van der Waals surface area contributed by atoms with E-state index in [0.29, 0.717) is 6.42 Å². The molecule has 2 N–H and O–H groups in total. The Labute approximate surface area is 117 Å². The third-order valence-electron chi connectivity index (χ3n) is 2.85. The van der Waals surface area contributed by atoms with E-state index in [1.54, 1.807) is 18.3 Å².